The van der Waals surface area contributed by atoms with Crippen molar-refractivity contribution >= 4 is 38.9 Å². The number of anilines is 2. The van der Waals surface area contributed by atoms with E-state index in [-0.39, 0.29) is 17.4 Å². The van der Waals surface area contributed by atoms with Crippen LogP contribution in [0.25, 0.3) is 0 Å². The maximum absolute atomic E-state index is 12.5. The SMILES string of the molecule is C[C@@]1(NC(=O)CCN2c3ccccc3Sc3ccccc32)CCS(=O)(=O)C1. The third-order valence-electron chi connectivity index (χ3n) is 5.04. The standard InChI is InChI=1S/C20H22N2O3S2/c1-20(11-13-27(24,25)14-20)21-19(23)10-12-22-15-6-2-4-8-17(15)26-18-9-5-3-7-16(18)22/h2-9H,10-14H2,1H3,(H,21,23)/t20-/m1/s1. The van der Waals surface area contributed by atoms with Crippen LogP contribution < -0.4 is 10.2 Å². The van der Waals surface area contributed by atoms with Gasteiger partial charge in [0, 0.05) is 22.8 Å². The first-order valence-corrected chi connectivity index (χ1v) is 11.6. The van der Waals surface area contributed by atoms with Gasteiger partial charge in [-0.15, -0.1) is 0 Å². The Morgan fingerprint density at radius 3 is 2.26 bits per heavy atom. The van der Waals surface area contributed by atoms with Gasteiger partial charge in [0.15, 0.2) is 9.84 Å². The number of hydrogen-bond donors (Lipinski definition) is 1. The van der Waals surface area contributed by atoms with Gasteiger partial charge in [-0.2, -0.15) is 0 Å². The smallest absolute Gasteiger partial charge is 0.222 e. The molecule has 1 fully saturated rings. The second-order valence-corrected chi connectivity index (χ2v) is 10.7. The van der Waals surface area contributed by atoms with Gasteiger partial charge >= 0.3 is 0 Å². The zero-order valence-corrected chi connectivity index (χ0v) is 16.8. The molecule has 0 spiro atoms. The number of carbonyl (C=O) groups excluding carboxylic acids is 1. The van der Waals surface area contributed by atoms with E-state index in [2.05, 4.69) is 34.5 Å². The van der Waals surface area contributed by atoms with Crippen LogP contribution in [0.5, 0.6) is 0 Å². The molecule has 2 aliphatic heterocycles. The summed E-state index contributed by atoms with van der Waals surface area (Å²) < 4.78 is 23.5. The van der Waals surface area contributed by atoms with E-state index in [1.54, 1.807) is 11.8 Å². The van der Waals surface area contributed by atoms with Crippen molar-refractivity contribution in [2.45, 2.75) is 35.1 Å². The highest BCUT2D eigenvalue weighted by molar-refractivity contribution is 7.99. The topological polar surface area (TPSA) is 66.5 Å². The highest BCUT2D eigenvalue weighted by atomic mass is 32.2. The Labute approximate surface area is 164 Å². The lowest BCUT2D eigenvalue weighted by Crippen LogP contribution is -2.47. The summed E-state index contributed by atoms with van der Waals surface area (Å²) in [7, 11) is -3.04. The zero-order valence-electron chi connectivity index (χ0n) is 15.1. The summed E-state index contributed by atoms with van der Waals surface area (Å²) >= 11 is 1.74. The lowest BCUT2D eigenvalue weighted by molar-refractivity contribution is -0.122. The summed E-state index contributed by atoms with van der Waals surface area (Å²) in [6, 6.07) is 16.4. The van der Waals surface area contributed by atoms with Crippen molar-refractivity contribution in [3.63, 3.8) is 0 Å². The molecule has 4 rings (SSSR count). The van der Waals surface area contributed by atoms with Crippen LogP contribution >= 0.6 is 11.8 Å². The number of para-hydroxylation sites is 2. The van der Waals surface area contributed by atoms with Gasteiger partial charge in [0.05, 0.1) is 28.4 Å². The quantitative estimate of drug-likeness (QED) is 0.849. The number of sulfone groups is 1. The number of carbonyl (C=O) groups is 1. The summed E-state index contributed by atoms with van der Waals surface area (Å²) in [4.78, 5) is 17.1. The molecule has 2 aliphatic rings. The summed E-state index contributed by atoms with van der Waals surface area (Å²) in [6.07, 6.45) is 0.788. The van der Waals surface area contributed by atoms with Crippen LogP contribution in [0.1, 0.15) is 19.8 Å². The molecule has 0 bridgehead atoms. The fourth-order valence-electron chi connectivity index (χ4n) is 3.74. The van der Waals surface area contributed by atoms with Crippen LogP contribution in [0.4, 0.5) is 11.4 Å². The Morgan fingerprint density at radius 1 is 1.11 bits per heavy atom. The molecule has 0 unspecified atom stereocenters. The van der Waals surface area contributed by atoms with Gasteiger partial charge in [0.1, 0.15) is 0 Å². The van der Waals surface area contributed by atoms with E-state index in [1.165, 1.54) is 9.79 Å². The lowest BCUT2D eigenvalue weighted by atomic mass is 10.0. The molecule has 1 atom stereocenters. The monoisotopic (exact) mass is 402 g/mol. The normalized spacial score (nSPS) is 22.8. The Balaban J connectivity index is 1.49. The van der Waals surface area contributed by atoms with E-state index in [9.17, 15) is 13.2 Å². The van der Waals surface area contributed by atoms with E-state index in [4.69, 9.17) is 0 Å². The van der Waals surface area contributed by atoms with Gasteiger partial charge in [0.2, 0.25) is 5.91 Å². The Hall–Kier alpha value is -1.99. The third kappa shape index (κ3) is 3.84. The first-order chi connectivity index (χ1) is 12.9. The first-order valence-electron chi connectivity index (χ1n) is 9.00. The maximum Gasteiger partial charge on any atom is 0.222 e. The second-order valence-electron chi connectivity index (χ2n) is 7.39. The summed E-state index contributed by atoms with van der Waals surface area (Å²) in [5.41, 5.74) is 1.55. The molecule has 1 amide bonds. The molecule has 2 aromatic carbocycles. The van der Waals surface area contributed by atoms with Gasteiger partial charge in [-0.3, -0.25) is 4.79 Å². The number of benzene rings is 2. The Kier molecular flexibility index (Phi) is 4.68. The summed E-state index contributed by atoms with van der Waals surface area (Å²) in [5, 5.41) is 2.95. The van der Waals surface area contributed by atoms with E-state index >= 15 is 0 Å². The molecule has 27 heavy (non-hydrogen) atoms. The Bertz CT molecular complexity index is 945. The summed E-state index contributed by atoms with van der Waals surface area (Å²) in [6.45, 7) is 2.36. The molecular formula is C20H22N2O3S2. The number of amides is 1. The minimum atomic E-state index is -3.04. The minimum absolute atomic E-state index is 0.0256. The van der Waals surface area contributed by atoms with Gasteiger partial charge in [0.25, 0.3) is 0 Å². The van der Waals surface area contributed by atoms with E-state index in [0.29, 0.717) is 19.4 Å². The van der Waals surface area contributed by atoms with Crippen molar-refractivity contribution in [2.24, 2.45) is 0 Å². The molecule has 7 heteroatoms. The number of fused-ring (bicyclic) bond motifs is 2. The predicted molar refractivity (Wildman–Crippen MR) is 108 cm³/mol. The zero-order chi connectivity index (χ0) is 19.1. The van der Waals surface area contributed by atoms with Gasteiger partial charge in [-0.25, -0.2) is 8.42 Å². The average molecular weight is 403 g/mol. The number of nitrogens with zero attached hydrogens (tertiary/aromatic N) is 1. The molecule has 142 valence electrons. The van der Waals surface area contributed by atoms with Crippen molar-refractivity contribution in [1.29, 1.82) is 0 Å². The molecule has 0 aromatic heterocycles. The van der Waals surface area contributed by atoms with Crippen LogP contribution in [-0.2, 0) is 14.6 Å². The summed E-state index contributed by atoms with van der Waals surface area (Å²) in [5.74, 6) is 0.0637. The van der Waals surface area contributed by atoms with Crippen molar-refractivity contribution in [1.82, 2.24) is 5.32 Å². The van der Waals surface area contributed by atoms with Crippen LogP contribution in [0.3, 0.4) is 0 Å². The number of hydrogen-bond acceptors (Lipinski definition) is 5. The second kappa shape index (κ2) is 6.87. The van der Waals surface area contributed by atoms with Crippen LogP contribution in [0.15, 0.2) is 58.3 Å². The van der Waals surface area contributed by atoms with Crippen LogP contribution in [0, 0.1) is 0 Å². The third-order valence-corrected chi connectivity index (χ3v) is 8.07. The molecule has 2 aromatic rings. The number of rotatable bonds is 4. The molecule has 5 nitrogen and oxygen atoms in total. The van der Waals surface area contributed by atoms with Crippen molar-refractivity contribution in [3.8, 4) is 0 Å². The molecule has 0 aliphatic carbocycles. The van der Waals surface area contributed by atoms with Gasteiger partial charge in [-0.1, -0.05) is 36.0 Å². The molecular weight excluding hydrogens is 380 g/mol. The first kappa shape index (κ1) is 18.4. The highest BCUT2D eigenvalue weighted by Crippen LogP contribution is 2.47. The maximum atomic E-state index is 12.5. The average Bonchev–Trinajstić information content (AvgIpc) is 2.91. The van der Waals surface area contributed by atoms with Gasteiger partial charge < -0.3 is 10.2 Å². The fraction of sp³-hybridized carbons (Fsp3) is 0.350. The largest absolute Gasteiger partial charge is 0.350 e. The van der Waals surface area contributed by atoms with E-state index < -0.39 is 15.4 Å². The molecule has 0 saturated carbocycles. The van der Waals surface area contributed by atoms with E-state index in [0.717, 1.165) is 11.4 Å². The molecule has 1 N–H and O–H groups in total. The highest BCUT2D eigenvalue weighted by Gasteiger charge is 2.39. The van der Waals surface area contributed by atoms with Crippen LogP contribution in [0.2, 0.25) is 0 Å². The molecule has 2 heterocycles. The van der Waals surface area contributed by atoms with Crippen molar-refractivity contribution < 1.29 is 13.2 Å². The van der Waals surface area contributed by atoms with Crippen molar-refractivity contribution in [2.75, 3.05) is 23.0 Å². The number of nitrogens with one attached hydrogen (secondary N) is 1. The minimum Gasteiger partial charge on any atom is -0.350 e. The molecule has 0 radical (unpaired) electrons. The Morgan fingerprint density at radius 2 is 1.70 bits per heavy atom. The molecule has 1 saturated heterocycles. The predicted octanol–water partition coefficient (Wildman–Crippen LogP) is 3.37. The van der Waals surface area contributed by atoms with E-state index in [1.807, 2.05) is 31.2 Å². The lowest BCUT2D eigenvalue weighted by Gasteiger charge is -2.33. The van der Waals surface area contributed by atoms with Gasteiger partial charge in [-0.05, 0) is 37.6 Å². The van der Waals surface area contributed by atoms with Crippen LogP contribution in [-0.4, -0.2) is 37.9 Å². The van der Waals surface area contributed by atoms with Crippen molar-refractivity contribution in [3.05, 3.63) is 48.5 Å². The fourth-order valence-corrected chi connectivity index (χ4v) is 6.93.